The van der Waals surface area contributed by atoms with Crippen molar-refractivity contribution in [2.24, 2.45) is 5.92 Å². The first kappa shape index (κ1) is 17.8. The predicted molar refractivity (Wildman–Crippen MR) is 99.6 cm³/mol. The van der Waals surface area contributed by atoms with Crippen molar-refractivity contribution in [1.29, 1.82) is 0 Å². The van der Waals surface area contributed by atoms with Crippen LogP contribution in [0.1, 0.15) is 42.8 Å². The molecule has 1 aliphatic carbocycles. The van der Waals surface area contributed by atoms with Crippen molar-refractivity contribution in [3.8, 4) is 12.3 Å². The summed E-state index contributed by atoms with van der Waals surface area (Å²) in [6.45, 7) is 2.12. The van der Waals surface area contributed by atoms with E-state index in [1.807, 2.05) is 12.1 Å². The van der Waals surface area contributed by atoms with E-state index in [-0.39, 0.29) is 24.8 Å². The highest BCUT2D eigenvalue weighted by Gasteiger charge is 2.36. The molecule has 0 bridgehead atoms. The number of anilines is 1. The molecule has 1 aromatic heterocycles. The number of amides is 2. The zero-order chi connectivity index (χ0) is 18.5. The van der Waals surface area contributed by atoms with Crippen molar-refractivity contribution in [2.45, 2.75) is 32.1 Å². The van der Waals surface area contributed by atoms with Crippen LogP contribution in [0, 0.1) is 18.3 Å². The molecule has 2 unspecified atom stereocenters. The van der Waals surface area contributed by atoms with E-state index in [9.17, 15) is 9.59 Å². The van der Waals surface area contributed by atoms with Crippen LogP contribution < -0.4 is 10.6 Å². The second-order valence-corrected chi connectivity index (χ2v) is 6.67. The summed E-state index contributed by atoms with van der Waals surface area (Å²) in [4.78, 5) is 23.8. The second-order valence-electron chi connectivity index (χ2n) is 6.67. The zero-order valence-electron chi connectivity index (χ0n) is 14.7. The van der Waals surface area contributed by atoms with E-state index in [1.165, 1.54) is 6.42 Å². The van der Waals surface area contributed by atoms with Crippen molar-refractivity contribution in [1.82, 2.24) is 5.32 Å². The summed E-state index contributed by atoms with van der Waals surface area (Å²) < 4.78 is 5.78. The van der Waals surface area contributed by atoms with E-state index in [0.29, 0.717) is 29.5 Å². The number of rotatable bonds is 7. The number of aryl methyl sites for hydroxylation is 1. The number of furan rings is 1. The lowest BCUT2D eigenvalue weighted by molar-refractivity contribution is -0.124. The number of hydrogen-bond acceptors (Lipinski definition) is 3. The van der Waals surface area contributed by atoms with E-state index in [4.69, 9.17) is 10.8 Å². The van der Waals surface area contributed by atoms with E-state index in [2.05, 4.69) is 23.5 Å². The Bertz CT molecular complexity index is 847. The lowest BCUT2D eigenvalue weighted by Gasteiger charge is -2.07. The monoisotopic (exact) mass is 350 g/mol. The maximum Gasteiger partial charge on any atom is 0.243 e. The van der Waals surface area contributed by atoms with Crippen LogP contribution in [0.5, 0.6) is 0 Å². The molecule has 3 rings (SSSR count). The molecule has 1 aromatic carbocycles. The maximum absolute atomic E-state index is 11.9. The van der Waals surface area contributed by atoms with Gasteiger partial charge in [0.05, 0.1) is 6.54 Å². The lowest BCUT2D eigenvalue weighted by Crippen LogP contribution is -2.32. The highest BCUT2D eigenvalue weighted by Crippen LogP contribution is 2.47. The molecule has 1 aliphatic rings. The zero-order valence-corrected chi connectivity index (χ0v) is 14.7. The number of terminal acetylenes is 1. The average Bonchev–Trinajstić information content (AvgIpc) is 3.18. The molecule has 0 radical (unpaired) electrons. The molecule has 2 N–H and O–H groups in total. The lowest BCUT2D eigenvalue weighted by atomic mass is 10.2. The normalized spacial score (nSPS) is 18.0. The van der Waals surface area contributed by atoms with Crippen molar-refractivity contribution >= 4 is 17.5 Å². The molecule has 1 fully saturated rings. The topological polar surface area (TPSA) is 71.3 Å². The Hall–Kier alpha value is -3.00. The number of carbonyl (C=O) groups excluding carboxylic acids is 2. The Morgan fingerprint density at radius 2 is 2.08 bits per heavy atom. The van der Waals surface area contributed by atoms with Gasteiger partial charge >= 0.3 is 0 Å². The van der Waals surface area contributed by atoms with Crippen molar-refractivity contribution in [3.63, 3.8) is 0 Å². The molecule has 0 saturated heterocycles. The van der Waals surface area contributed by atoms with Gasteiger partial charge in [0.1, 0.15) is 11.5 Å². The number of hydrogen-bond donors (Lipinski definition) is 2. The van der Waals surface area contributed by atoms with Gasteiger partial charge in [-0.1, -0.05) is 18.9 Å². The molecule has 1 saturated carbocycles. The summed E-state index contributed by atoms with van der Waals surface area (Å²) in [5.74, 6) is 5.08. The Balaban J connectivity index is 1.38. The first-order valence-corrected chi connectivity index (χ1v) is 8.77. The van der Waals surface area contributed by atoms with Crippen LogP contribution in [0.4, 0.5) is 5.69 Å². The van der Waals surface area contributed by atoms with Crippen molar-refractivity contribution in [3.05, 3.63) is 53.5 Å². The third kappa shape index (κ3) is 4.76. The van der Waals surface area contributed by atoms with Crippen LogP contribution in [0.2, 0.25) is 0 Å². The van der Waals surface area contributed by atoms with E-state index in [1.54, 1.807) is 24.3 Å². The van der Waals surface area contributed by atoms with Gasteiger partial charge in [0, 0.05) is 30.0 Å². The van der Waals surface area contributed by atoms with Crippen LogP contribution in [0.3, 0.4) is 0 Å². The number of nitrogens with one attached hydrogen (secondary N) is 2. The molecule has 2 amide bonds. The molecule has 2 aromatic rings. The largest absolute Gasteiger partial charge is 0.466 e. The summed E-state index contributed by atoms with van der Waals surface area (Å²) in [5, 5.41) is 5.32. The van der Waals surface area contributed by atoms with Crippen molar-refractivity contribution < 1.29 is 14.0 Å². The van der Waals surface area contributed by atoms with Gasteiger partial charge in [0.15, 0.2) is 0 Å². The molecule has 26 heavy (non-hydrogen) atoms. The quantitative estimate of drug-likeness (QED) is 0.754. The Labute approximate surface area is 153 Å². The standard InChI is InChI=1S/C21H22N2O3/c1-3-15-5-4-6-16(12-15)23-21(25)13-22-20(24)10-8-17-7-9-19(26-17)18-11-14(18)2/h1,4-7,9,12,14,18H,8,10-11,13H2,2H3,(H,22,24)(H,23,25). The summed E-state index contributed by atoms with van der Waals surface area (Å²) >= 11 is 0. The molecule has 134 valence electrons. The molecular formula is C21H22N2O3. The van der Waals surface area contributed by atoms with Crippen LogP contribution in [-0.2, 0) is 16.0 Å². The summed E-state index contributed by atoms with van der Waals surface area (Å²) in [5.41, 5.74) is 1.29. The van der Waals surface area contributed by atoms with Crippen LogP contribution >= 0.6 is 0 Å². The molecule has 1 heterocycles. The minimum Gasteiger partial charge on any atom is -0.466 e. The minimum absolute atomic E-state index is 0.0812. The summed E-state index contributed by atoms with van der Waals surface area (Å²) in [6.07, 6.45) is 7.31. The number of carbonyl (C=O) groups is 2. The molecule has 0 spiro atoms. The highest BCUT2D eigenvalue weighted by molar-refractivity contribution is 5.94. The average molecular weight is 350 g/mol. The SMILES string of the molecule is C#Cc1cccc(NC(=O)CNC(=O)CCc2ccc(C3CC3C)o2)c1. The van der Waals surface area contributed by atoms with Gasteiger partial charge < -0.3 is 15.1 Å². The fraction of sp³-hybridized carbons (Fsp3) is 0.333. The van der Waals surface area contributed by atoms with Gasteiger partial charge in [0.2, 0.25) is 11.8 Å². The number of benzene rings is 1. The van der Waals surface area contributed by atoms with E-state index >= 15 is 0 Å². The van der Waals surface area contributed by atoms with Gasteiger partial charge in [-0.15, -0.1) is 6.42 Å². The fourth-order valence-corrected chi connectivity index (χ4v) is 2.84. The third-order valence-corrected chi connectivity index (χ3v) is 4.51. The van der Waals surface area contributed by atoms with Crippen LogP contribution in [-0.4, -0.2) is 18.4 Å². The Morgan fingerprint density at radius 1 is 1.27 bits per heavy atom. The minimum atomic E-state index is -0.296. The van der Waals surface area contributed by atoms with Gasteiger partial charge in [-0.3, -0.25) is 9.59 Å². The Morgan fingerprint density at radius 3 is 2.81 bits per heavy atom. The second kappa shape index (κ2) is 7.92. The van der Waals surface area contributed by atoms with Gasteiger partial charge in [-0.05, 0) is 42.7 Å². The Kier molecular flexibility index (Phi) is 5.43. The van der Waals surface area contributed by atoms with Gasteiger partial charge in [-0.25, -0.2) is 0 Å². The molecule has 2 atom stereocenters. The van der Waals surface area contributed by atoms with Gasteiger partial charge in [-0.2, -0.15) is 0 Å². The van der Waals surface area contributed by atoms with E-state index < -0.39 is 0 Å². The molecule has 0 aliphatic heterocycles. The predicted octanol–water partition coefficient (Wildman–Crippen LogP) is 3.07. The summed E-state index contributed by atoms with van der Waals surface area (Å²) in [6, 6.07) is 10.9. The highest BCUT2D eigenvalue weighted by atomic mass is 16.3. The third-order valence-electron chi connectivity index (χ3n) is 4.51. The molecule has 5 nitrogen and oxygen atoms in total. The first-order valence-electron chi connectivity index (χ1n) is 8.77. The van der Waals surface area contributed by atoms with Crippen molar-refractivity contribution in [2.75, 3.05) is 11.9 Å². The molecule has 5 heteroatoms. The van der Waals surface area contributed by atoms with Crippen LogP contribution in [0.25, 0.3) is 0 Å². The fourth-order valence-electron chi connectivity index (χ4n) is 2.84. The summed E-state index contributed by atoms with van der Waals surface area (Å²) in [7, 11) is 0. The van der Waals surface area contributed by atoms with E-state index in [0.717, 1.165) is 11.5 Å². The van der Waals surface area contributed by atoms with Crippen LogP contribution in [0.15, 0.2) is 40.8 Å². The first-order chi connectivity index (χ1) is 12.5. The molecular weight excluding hydrogens is 328 g/mol. The van der Waals surface area contributed by atoms with Gasteiger partial charge in [0.25, 0.3) is 0 Å². The maximum atomic E-state index is 11.9. The smallest absolute Gasteiger partial charge is 0.243 e.